The van der Waals surface area contributed by atoms with E-state index in [1.54, 1.807) is 0 Å². The van der Waals surface area contributed by atoms with Crippen molar-refractivity contribution in [2.24, 2.45) is 0 Å². The zero-order valence-corrected chi connectivity index (χ0v) is 14.5. The van der Waals surface area contributed by atoms with Crippen LogP contribution >= 0.6 is 0 Å². The molecule has 2 heterocycles. The van der Waals surface area contributed by atoms with Crippen LogP contribution < -0.4 is 25.4 Å². The molecule has 3 rings (SSSR count). The van der Waals surface area contributed by atoms with Gasteiger partial charge in [-0.3, -0.25) is 4.79 Å². The molecule has 2 aliphatic heterocycles. The lowest BCUT2D eigenvalue weighted by molar-refractivity contribution is -0.122. The Labute approximate surface area is 147 Å². The minimum absolute atomic E-state index is 0.115. The maximum Gasteiger partial charge on any atom is 0.315 e. The van der Waals surface area contributed by atoms with Crippen molar-refractivity contribution < 1.29 is 19.1 Å². The topological polar surface area (TPSA) is 88.7 Å². The van der Waals surface area contributed by atoms with Gasteiger partial charge >= 0.3 is 6.03 Å². The molecular formula is C18H25N3O4. The molecule has 136 valence electrons. The third kappa shape index (κ3) is 4.55. The summed E-state index contributed by atoms with van der Waals surface area (Å²) in [6.45, 7) is 3.83. The molecule has 25 heavy (non-hydrogen) atoms. The van der Waals surface area contributed by atoms with Gasteiger partial charge in [0.15, 0.2) is 11.5 Å². The van der Waals surface area contributed by atoms with Crippen LogP contribution in [-0.2, 0) is 4.79 Å². The molecule has 3 N–H and O–H groups in total. The molecule has 0 aliphatic carbocycles. The normalized spacial score (nSPS) is 21.3. The van der Waals surface area contributed by atoms with Gasteiger partial charge in [0.05, 0.1) is 19.3 Å². The smallest absolute Gasteiger partial charge is 0.315 e. The Hall–Kier alpha value is -2.44. The number of nitrogens with one attached hydrogen (secondary N) is 3. The van der Waals surface area contributed by atoms with Gasteiger partial charge in [-0.2, -0.15) is 0 Å². The fourth-order valence-electron chi connectivity index (χ4n) is 3.01. The van der Waals surface area contributed by atoms with Crippen molar-refractivity contribution in [3.63, 3.8) is 0 Å². The standard InChI is InChI=1S/C18H25N3O4/c1-12(13-6-7-15-16(11-13)25-10-4-9-24-15)20-18(23)21-14-5-2-3-8-19-17(14)22/h6-7,11-12,14H,2-5,8-10H2,1H3,(H,19,22)(H2,20,21,23)/t12-,14+/m1/s1. The molecular weight excluding hydrogens is 322 g/mol. The van der Waals surface area contributed by atoms with Crippen LogP contribution in [0.15, 0.2) is 18.2 Å². The summed E-state index contributed by atoms with van der Waals surface area (Å²) < 4.78 is 11.3. The number of carbonyl (C=O) groups excluding carboxylic acids is 2. The highest BCUT2D eigenvalue weighted by Crippen LogP contribution is 2.32. The largest absolute Gasteiger partial charge is 0.490 e. The van der Waals surface area contributed by atoms with Gasteiger partial charge in [-0.15, -0.1) is 0 Å². The Bertz CT molecular complexity index is 635. The van der Waals surface area contributed by atoms with Gasteiger partial charge in [-0.05, 0) is 43.9 Å². The van der Waals surface area contributed by atoms with Crippen molar-refractivity contribution in [3.05, 3.63) is 23.8 Å². The molecule has 7 nitrogen and oxygen atoms in total. The second-order valence-electron chi connectivity index (χ2n) is 6.44. The third-order valence-corrected chi connectivity index (χ3v) is 4.46. The second-order valence-corrected chi connectivity index (χ2v) is 6.44. The van der Waals surface area contributed by atoms with Crippen LogP contribution in [0.3, 0.4) is 0 Å². The minimum atomic E-state index is -0.474. The molecule has 2 aliphatic rings. The van der Waals surface area contributed by atoms with E-state index in [1.807, 2.05) is 25.1 Å². The van der Waals surface area contributed by atoms with Crippen molar-refractivity contribution >= 4 is 11.9 Å². The lowest BCUT2D eigenvalue weighted by atomic mass is 10.1. The molecule has 0 spiro atoms. The zero-order valence-electron chi connectivity index (χ0n) is 14.5. The number of rotatable bonds is 3. The van der Waals surface area contributed by atoms with Crippen molar-refractivity contribution in [2.45, 2.75) is 44.7 Å². The Morgan fingerprint density at radius 2 is 2.00 bits per heavy atom. The summed E-state index contributed by atoms with van der Waals surface area (Å²) in [7, 11) is 0. The van der Waals surface area contributed by atoms with E-state index >= 15 is 0 Å². The molecule has 1 fully saturated rings. The van der Waals surface area contributed by atoms with Gasteiger partial charge < -0.3 is 25.4 Å². The van der Waals surface area contributed by atoms with E-state index in [1.165, 1.54) is 0 Å². The average molecular weight is 347 g/mol. The summed E-state index contributed by atoms with van der Waals surface area (Å²) in [6.07, 6.45) is 3.38. The van der Waals surface area contributed by atoms with Gasteiger partial charge in [0.1, 0.15) is 6.04 Å². The number of benzene rings is 1. The molecule has 1 aromatic carbocycles. The predicted octanol–water partition coefficient (Wildman–Crippen LogP) is 1.88. The molecule has 0 saturated carbocycles. The number of carbonyl (C=O) groups is 2. The van der Waals surface area contributed by atoms with Crippen LogP contribution in [0.1, 0.15) is 44.2 Å². The van der Waals surface area contributed by atoms with Crippen LogP contribution in [-0.4, -0.2) is 37.7 Å². The van der Waals surface area contributed by atoms with Crippen LogP contribution in [0.2, 0.25) is 0 Å². The summed E-state index contributed by atoms with van der Waals surface area (Å²) in [6, 6.07) is 4.64. The summed E-state index contributed by atoms with van der Waals surface area (Å²) >= 11 is 0. The zero-order chi connectivity index (χ0) is 17.6. The number of ether oxygens (including phenoxy) is 2. The number of fused-ring (bicyclic) bond motifs is 1. The third-order valence-electron chi connectivity index (χ3n) is 4.46. The fraction of sp³-hybridized carbons (Fsp3) is 0.556. The predicted molar refractivity (Wildman–Crippen MR) is 92.8 cm³/mol. The Balaban J connectivity index is 1.59. The fourth-order valence-corrected chi connectivity index (χ4v) is 3.01. The van der Waals surface area contributed by atoms with Crippen molar-refractivity contribution in [2.75, 3.05) is 19.8 Å². The van der Waals surface area contributed by atoms with Crippen LogP contribution in [0.25, 0.3) is 0 Å². The van der Waals surface area contributed by atoms with E-state index in [0.717, 1.165) is 30.6 Å². The molecule has 7 heteroatoms. The second kappa shape index (κ2) is 8.09. The first-order valence-electron chi connectivity index (χ1n) is 8.88. The Morgan fingerprint density at radius 1 is 1.20 bits per heavy atom. The first kappa shape index (κ1) is 17.4. The van der Waals surface area contributed by atoms with E-state index in [0.29, 0.717) is 31.9 Å². The van der Waals surface area contributed by atoms with E-state index in [4.69, 9.17) is 9.47 Å². The van der Waals surface area contributed by atoms with Crippen LogP contribution in [0, 0.1) is 0 Å². The van der Waals surface area contributed by atoms with Gasteiger partial charge in [0.25, 0.3) is 0 Å². The van der Waals surface area contributed by atoms with E-state index in [9.17, 15) is 9.59 Å². The first-order valence-corrected chi connectivity index (χ1v) is 8.88. The molecule has 0 unspecified atom stereocenters. The number of amides is 3. The van der Waals surface area contributed by atoms with Gasteiger partial charge in [0, 0.05) is 13.0 Å². The average Bonchev–Trinajstić information content (AvgIpc) is 2.95. The molecule has 0 radical (unpaired) electrons. The molecule has 3 amide bonds. The highest BCUT2D eigenvalue weighted by atomic mass is 16.5. The number of hydrogen-bond acceptors (Lipinski definition) is 4. The molecule has 1 aromatic rings. The summed E-state index contributed by atoms with van der Waals surface area (Å²) in [4.78, 5) is 24.2. The summed E-state index contributed by atoms with van der Waals surface area (Å²) in [5, 5.41) is 8.46. The number of hydrogen-bond donors (Lipinski definition) is 3. The first-order chi connectivity index (χ1) is 12.1. The monoisotopic (exact) mass is 347 g/mol. The summed E-state index contributed by atoms with van der Waals surface area (Å²) in [5.74, 6) is 1.32. The SMILES string of the molecule is C[C@@H](NC(=O)N[C@H]1CCCCNC1=O)c1ccc2c(c1)OCCCO2. The van der Waals surface area contributed by atoms with Gasteiger partial charge in [-0.1, -0.05) is 6.07 Å². The van der Waals surface area contributed by atoms with Crippen LogP contribution in [0.5, 0.6) is 11.5 Å². The van der Waals surface area contributed by atoms with Crippen molar-refractivity contribution in [3.8, 4) is 11.5 Å². The van der Waals surface area contributed by atoms with Gasteiger partial charge in [0.2, 0.25) is 5.91 Å². The highest BCUT2D eigenvalue weighted by molar-refractivity contribution is 5.87. The molecule has 1 saturated heterocycles. The molecule has 0 aromatic heterocycles. The highest BCUT2D eigenvalue weighted by Gasteiger charge is 2.23. The van der Waals surface area contributed by atoms with E-state index in [-0.39, 0.29) is 18.0 Å². The van der Waals surface area contributed by atoms with Crippen molar-refractivity contribution in [1.82, 2.24) is 16.0 Å². The van der Waals surface area contributed by atoms with E-state index < -0.39 is 6.04 Å². The van der Waals surface area contributed by atoms with Crippen molar-refractivity contribution in [1.29, 1.82) is 0 Å². The maximum atomic E-state index is 12.2. The maximum absolute atomic E-state index is 12.2. The summed E-state index contributed by atoms with van der Waals surface area (Å²) in [5.41, 5.74) is 0.921. The Kier molecular flexibility index (Phi) is 5.63. The number of urea groups is 1. The molecule has 2 atom stereocenters. The lowest BCUT2D eigenvalue weighted by Gasteiger charge is -2.20. The van der Waals surface area contributed by atoms with Gasteiger partial charge in [-0.25, -0.2) is 4.79 Å². The van der Waals surface area contributed by atoms with E-state index in [2.05, 4.69) is 16.0 Å². The van der Waals surface area contributed by atoms with Crippen LogP contribution in [0.4, 0.5) is 4.79 Å². The minimum Gasteiger partial charge on any atom is -0.490 e. The lowest BCUT2D eigenvalue weighted by Crippen LogP contribution is -2.49. The molecule has 0 bridgehead atoms. The Morgan fingerprint density at radius 3 is 2.84 bits per heavy atom. The quantitative estimate of drug-likeness (QED) is 0.779.